The van der Waals surface area contributed by atoms with Crippen molar-refractivity contribution < 1.29 is 19.4 Å². The van der Waals surface area contributed by atoms with E-state index < -0.39 is 5.97 Å². The van der Waals surface area contributed by atoms with E-state index in [-0.39, 0.29) is 5.91 Å². The number of unbranched alkanes of at least 4 members (excludes halogenated alkanes) is 2. The van der Waals surface area contributed by atoms with Crippen LogP contribution >= 0.6 is 0 Å². The number of methoxy groups -OCH3 is 1. The lowest BCUT2D eigenvalue weighted by atomic mass is 10.2. The molecule has 1 heterocycles. The Balaban J connectivity index is 2.36. The zero-order valence-corrected chi connectivity index (χ0v) is 12.0. The number of nitrogens with one attached hydrogen (secondary N) is 1. The summed E-state index contributed by atoms with van der Waals surface area (Å²) in [5.74, 6) is -1.25. The number of aromatic nitrogens is 1. The fraction of sp³-hybridized carbons (Fsp3) is 0.400. The Morgan fingerprint density at radius 2 is 2.14 bits per heavy atom. The first-order chi connectivity index (χ1) is 10.1. The first-order valence-corrected chi connectivity index (χ1v) is 6.77. The summed E-state index contributed by atoms with van der Waals surface area (Å²) in [6.45, 7) is 1.34. The predicted octanol–water partition coefficient (Wildman–Crippen LogP) is 1.73. The first kappa shape index (κ1) is 16.8. The normalized spacial score (nSPS) is 10.7. The molecule has 6 heteroatoms. The minimum absolute atomic E-state index is 0.226. The Morgan fingerprint density at radius 1 is 1.33 bits per heavy atom. The number of pyridine rings is 1. The van der Waals surface area contributed by atoms with Gasteiger partial charge in [-0.25, -0.2) is 4.79 Å². The van der Waals surface area contributed by atoms with Gasteiger partial charge in [0, 0.05) is 32.5 Å². The Kier molecular flexibility index (Phi) is 7.74. The Morgan fingerprint density at radius 3 is 2.76 bits per heavy atom. The van der Waals surface area contributed by atoms with Crippen LogP contribution in [0.25, 0.3) is 6.08 Å². The molecule has 0 fully saturated rings. The van der Waals surface area contributed by atoms with Crippen molar-refractivity contribution in [3.63, 3.8) is 0 Å². The molecule has 0 radical (unpaired) electrons. The van der Waals surface area contributed by atoms with Crippen molar-refractivity contribution in [2.45, 2.75) is 19.3 Å². The molecule has 0 aliphatic rings. The van der Waals surface area contributed by atoms with Gasteiger partial charge >= 0.3 is 5.97 Å². The Labute approximate surface area is 123 Å². The molecule has 0 saturated carbocycles. The van der Waals surface area contributed by atoms with Crippen LogP contribution in [0.5, 0.6) is 0 Å². The van der Waals surface area contributed by atoms with Crippen LogP contribution in [-0.4, -0.2) is 42.2 Å². The third-order valence-corrected chi connectivity index (χ3v) is 2.75. The number of carbonyl (C=O) groups excluding carboxylic acids is 1. The molecule has 0 bridgehead atoms. The summed E-state index contributed by atoms with van der Waals surface area (Å²) in [5, 5.41) is 11.3. The van der Waals surface area contributed by atoms with Crippen molar-refractivity contribution in [3.8, 4) is 0 Å². The van der Waals surface area contributed by atoms with Crippen LogP contribution in [0.4, 0.5) is 0 Å². The number of ether oxygens (including phenoxy) is 1. The molecule has 21 heavy (non-hydrogen) atoms. The average molecular weight is 292 g/mol. The fourth-order valence-corrected chi connectivity index (χ4v) is 1.65. The zero-order valence-electron chi connectivity index (χ0n) is 12.0. The quantitative estimate of drug-likeness (QED) is 0.534. The minimum Gasteiger partial charge on any atom is -0.478 e. The molecule has 0 aliphatic heterocycles. The molecule has 0 saturated heterocycles. The van der Waals surface area contributed by atoms with Gasteiger partial charge in [0.1, 0.15) is 5.69 Å². The lowest BCUT2D eigenvalue weighted by molar-refractivity contribution is -0.131. The predicted molar refractivity (Wildman–Crippen MR) is 79.0 cm³/mol. The highest BCUT2D eigenvalue weighted by Gasteiger charge is 2.05. The maximum absolute atomic E-state index is 11.8. The molecule has 0 atom stereocenters. The zero-order chi connectivity index (χ0) is 15.5. The third-order valence-electron chi connectivity index (χ3n) is 2.75. The molecular weight excluding hydrogens is 272 g/mol. The summed E-state index contributed by atoms with van der Waals surface area (Å²) < 4.78 is 4.95. The molecule has 1 amide bonds. The molecule has 0 spiro atoms. The van der Waals surface area contributed by atoms with Gasteiger partial charge in [0.15, 0.2) is 0 Å². The molecule has 6 nitrogen and oxygen atoms in total. The van der Waals surface area contributed by atoms with Gasteiger partial charge in [-0.2, -0.15) is 0 Å². The summed E-state index contributed by atoms with van der Waals surface area (Å²) in [7, 11) is 1.67. The highest BCUT2D eigenvalue weighted by Crippen LogP contribution is 2.03. The number of nitrogens with zero attached hydrogens (tertiary/aromatic N) is 1. The molecule has 0 aliphatic carbocycles. The maximum Gasteiger partial charge on any atom is 0.328 e. The molecule has 114 valence electrons. The van der Waals surface area contributed by atoms with Crippen molar-refractivity contribution >= 4 is 18.0 Å². The van der Waals surface area contributed by atoms with Crippen LogP contribution in [0, 0.1) is 0 Å². The number of aliphatic carboxylic acids is 1. The molecule has 0 unspecified atom stereocenters. The molecule has 1 rings (SSSR count). The molecule has 1 aromatic heterocycles. The van der Waals surface area contributed by atoms with Gasteiger partial charge in [0.25, 0.3) is 5.91 Å². The SMILES string of the molecule is COCCCCCNC(=O)c1ccc(/C=C/C(=O)O)cn1. The van der Waals surface area contributed by atoms with Crippen molar-refractivity contribution in [1.82, 2.24) is 10.3 Å². The smallest absolute Gasteiger partial charge is 0.328 e. The summed E-state index contributed by atoms with van der Waals surface area (Å²) in [4.78, 5) is 26.2. The van der Waals surface area contributed by atoms with Gasteiger partial charge in [-0.1, -0.05) is 6.07 Å². The number of carboxylic acid groups (broad SMARTS) is 1. The van der Waals surface area contributed by atoms with Crippen LogP contribution < -0.4 is 5.32 Å². The van der Waals surface area contributed by atoms with E-state index in [1.54, 1.807) is 19.2 Å². The summed E-state index contributed by atoms with van der Waals surface area (Å²) in [5.41, 5.74) is 0.952. The first-order valence-electron chi connectivity index (χ1n) is 6.77. The highest BCUT2D eigenvalue weighted by atomic mass is 16.5. The van der Waals surface area contributed by atoms with E-state index in [1.807, 2.05) is 0 Å². The van der Waals surface area contributed by atoms with E-state index in [2.05, 4.69) is 10.3 Å². The lowest BCUT2D eigenvalue weighted by Crippen LogP contribution is -2.25. The third kappa shape index (κ3) is 7.22. The molecule has 1 aromatic rings. The molecule has 2 N–H and O–H groups in total. The van der Waals surface area contributed by atoms with E-state index in [9.17, 15) is 9.59 Å². The van der Waals surface area contributed by atoms with Crippen molar-refractivity contribution in [1.29, 1.82) is 0 Å². The van der Waals surface area contributed by atoms with Gasteiger partial charge < -0.3 is 15.2 Å². The van der Waals surface area contributed by atoms with E-state index in [4.69, 9.17) is 9.84 Å². The molecule has 0 aromatic carbocycles. The number of carboxylic acids is 1. The standard InChI is InChI=1S/C15H20N2O4/c1-21-10-4-2-3-9-16-15(20)13-7-5-12(11-17-13)6-8-14(18)19/h5-8,11H,2-4,9-10H2,1H3,(H,16,20)(H,18,19)/b8-6+. The van der Waals surface area contributed by atoms with Gasteiger partial charge in [0.2, 0.25) is 0 Å². The van der Waals surface area contributed by atoms with E-state index >= 15 is 0 Å². The summed E-state index contributed by atoms with van der Waals surface area (Å²) >= 11 is 0. The van der Waals surface area contributed by atoms with Crippen molar-refractivity contribution in [2.75, 3.05) is 20.3 Å². The lowest BCUT2D eigenvalue weighted by Gasteiger charge is -2.04. The van der Waals surface area contributed by atoms with Crippen molar-refractivity contribution in [3.05, 3.63) is 35.7 Å². The van der Waals surface area contributed by atoms with Gasteiger partial charge in [-0.05, 0) is 37.0 Å². The highest BCUT2D eigenvalue weighted by molar-refractivity contribution is 5.92. The van der Waals surface area contributed by atoms with Crippen molar-refractivity contribution in [2.24, 2.45) is 0 Å². The second kappa shape index (κ2) is 9.66. The Bertz CT molecular complexity index is 483. The Hall–Kier alpha value is -2.21. The number of carbonyl (C=O) groups is 2. The van der Waals surface area contributed by atoms with Gasteiger partial charge in [-0.15, -0.1) is 0 Å². The van der Waals surface area contributed by atoms with Gasteiger partial charge in [0.05, 0.1) is 0 Å². The van der Waals surface area contributed by atoms with Crippen LogP contribution in [0.15, 0.2) is 24.4 Å². The number of hydrogen-bond donors (Lipinski definition) is 2. The molecular formula is C15H20N2O4. The summed E-state index contributed by atoms with van der Waals surface area (Å²) in [6, 6.07) is 3.22. The number of rotatable bonds is 9. The van der Waals surface area contributed by atoms with E-state index in [0.717, 1.165) is 31.9 Å². The number of hydrogen-bond acceptors (Lipinski definition) is 4. The van der Waals surface area contributed by atoms with Gasteiger partial charge in [-0.3, -0.25) is 9.78 Å². The van der Waals surface area contributed by atoms with Crippen LogP contribution in [0.1, 0.15) is 35.3 Å². The monoisotopic (exact) mass is 292 g/mol. The number of amides is 1. The second-order valence-corrected chi connectivity index (χ2v) is 4.46. The summed E-state index contributed by atoms with van der Waals surface area (Å²) in [6.07, 6.45) is 6.79. The largest absolute Gasteiger partial charge is 0.478 e. The fourth-order valence-electron chi connectivity index (χ4n) is 1.65. The maximum atomic E-state index is 11.8. The van der Waals surface area contributed by atoms with Crippen LogP contribution in [0.3, 0.4) is 0 Å². The van der Waals surface area contributed by atoms with Crippen LogP contribution in [0.2, 0.25) is 0 Å². The minimum atomic E-state index is -1.02. The van der Waals surface area contributed by atoms with Crippen LogP contribution in [-0.2, 0) is 9.53 Å². The topological polar surface area (TPSA) is 88.5 Å². The van der Waals surface area contributed by atoms with E-state index in [0.29, 0.717) is 17.8 Å². The van der Waals surface area contributed by atoms with E-state index in [1.165, 1.54) is 12.3 Å². The average Bonchev–Trinajstić information content (AvgIpc) is 2.49. The second-order valence-electron chi connectivity index (χ2n) is 4.46.